The van der Waals surface area contributed by atoms with Crippen molar-refractivity contribution >= 4 is 5.91 Å². The highest BCUT2D eigenvalue weighted by atomic mass is 16.1. The van der Waals surface area contributed by atoms with Gasteiger partial charge in [0.25, 0.3) is 0 Å². The van der Waals surface area contributed by atoms with Crippen molar-refractivity contribution in [3.8, 4) is 0 Å². The third kappa shape index (κ3) is 2.97. The smallest absolute Gasteiger partial charge is 0.235 e. The van der Waals surface area contributed by atoms with Crippen LogP contribution in [0.25, 0.3) is 0 Å². The Labute approximate surface area is 79.0 Å². The fourth-order valence-electron chi connectivity index (χ4n) is 1.52. The van der Waals surface area contributed by atoms with Crippen LogP contribution < -0.4 is 16.8 Å². The summed E-state index contributed by atoms with van der Waals surface area (Å²) in [5, 5.41) is 3.24. The largest absolute Gasteiger partial charge is 0.368 e. The van der Waals surface area contributed by atoms with Crippen LogP contribution in [0.3, 0.4) is 0 Å². The zero-order chi connectivity index (χ0) is 9.84. The van der Waals surface area contributed by atoms with Gasteiger partial charge in [0.2, 0.25) is 5.91 Å². The second-order valence-corrected chi connectivity index (χ2v) is 3.90. The SMILES string of the molecule is CC(NCC(N)C(N)=O)C1CCC1. The lowest BCUT2D eigenvalue weighted by molar-refractivity contribution is -0.119. The first-order valence-electron chi connectivity index (χ1n) is 4.89. The Morgan fingerprint density at radius 2 is 2.23 bits per heavy atom. The number of amides is 1. The van der Waals surface area contributed by atoms with Gasteiger partial charge in [0.15, 0.2) is 0 Å². The Morgan fingerprint density at radius 3 is 2.62 bits per heavy atom. The van der Waals surface area contributed by atoms with Crippen molar-refractivity contribution in [1.82, 2.24) is 5.32 Å². The normalized spacial score (nSPS) is 22.0. The van der Waals surface area contributed by atoms with E-state index < -0.39 is 11.9 Å². The Morgan fingerprint density at radius 1 is 1.62 bits per heavy atom. The number of carbonyl (C=O) groups is 1. The molecule has 0 aromatic carbocycles. The lowest BCUT2D eigenvalue weighted by atomic mass is 9.80. The molecule has 0 aromatic rings. The van der Waals surface area contributed by atoms with Crippen molar-refractivity contribution in [2.24, 2.45) is 17.4 Å². The first-order chi connectivity index (χ1) is 6.11. The maximum absolute atomic E-state index is 10.6. The molecule has 0 aromatic heterocycles. The van der Waals surface area contributed by atoms with Crippen LogP contribution in [-0.4, -0.2) is 24.5 Å². The minimum atomic E-state index is -0.553. The van der Waals surface area contributed by atoms with Crippen LogP contribution in [-0.2, 0) is 4.79 Å². The van der Waals surface area contributed by atoms with E-state index in [0.717, 1.165) is 5.92 Å². The van der Waals surface area contributed by atoms with Gasteiger partial charge in [-0.05, 0) is 25.7 Å². The van der Waals surface area contributed by atoms with Gasteiger partial charge in [-0.2, -0.15) is 0 Å². The van der Waals surface area contributed by atoms with Crippen molar-refractivity contribution in [3.05, 3.63) is 0 Å². The van der Waals surface area contributed by atoms with E-state index in [-0.39, 0.29) is 0 Å². The molecular weight excluding hydrogens is 166 g/mol. The van der Waals surface area contributed by atoms with Crippen molar-refractivity contribution in [3.63, 3.8) is 0 Å². The highest BCUT2D eigenvalue weighted by Gasteiger charge is 2.24. The molecule has 76 valence electrons. The first kappa shape index (κ1) is 10.5. The fraction of sp³-hybridized carbons (Fsp3) is 0.889. The van der Waals surface area contributed by atoms with Gasteiger partial charge in [0.05, 0.1) is 6.04 Å². The van der Waals surface area contributed by atoms with Gasteiger partial charge in [0, 0.05) is 12.6 Å². The highest BCUT2D eigenvalue weighted by Crippen LogP contribution is 2.29. The molecule has 0 radical (unpaired) electrons. The zero-order valence-electron chi connectivity index (χ0n) is 8.12. The molecule has 1 rings (SSSR count). The van der Waals surface area contributed by atoms with Gasteiger partial charge in [-0.15, -0.1) is 0 Å². The van der Waals surface area contributed by atoms with Crippen LogP contribution in [0, 0.1) is 5.92 Å². The molecule has 1 saturated carbocycles. The van der Waals surface area contributed by atoms with Crippen LogP contribution in [0.1, 0.15) is 26.2 Å². The molecule has 1 fully saturated rings. The Balaban J connectivity index is 2.13. The van der Waals surface area contributed by atoms with Gasteiger partial charge < -0.3 is 16.8 Å². The third-order valence-electron chi connectivity index (χ3n) is 2.88. The van der Waals surface area contributed by atoms with Gasteiger partial charge >= 0.3 is 0 Å². The topological polar surface area (TPSA) is 81.1 Å². The fourth-order valence-corrected chi connectivity index (χ4v) is 1.52. The zero-order valence-corrected chi connectivity index (χ0v) is 8.12. The summed E-state index contributed by atoms with van der Waals surface area (Å²) in [5.41, 5.74) is 10.5. The molecule has 1 amide bonds. The van der Waals surface area contributed by atoms with Crippen LogP contribution >= 0.6 is 0 Å². The van der Waals surface area contributed by atoms with E-state index in [9.17, 15) is 4.79 Å². The summed E-state index contributed by atoms with van der Waals surface area (Å²) in [4.78, 5) is 10.6. The molecule has 2 atom stereocenters. The average Bonchev–Trinajstić information content (AvgIpc) is 1.96. The maximum atomic E-state index is 10.6. The summed E-state index contributed by atoms with van der Waals surface area (Å²) < 4.78 is 0. The van der Waals surface area contributed by atoms with Gasteiger partial charge in [-0.25, -0.2) is 0 Å². The third-order valence-corrected chi connectivity index (χ3v) is 2.88. The lowest BCUT2D eigenvalue weighted by Crippen LogP contribution is -2.48. The second-order valence-electron chi connectivity index (χ2n) is 3.90. The number of rotatable bonds is 5. The Bertz CT molecular complexity index is 180. The molecule has 2 unspecified atom stereocenters. The number of carbonyl (C=O) groups excluding carboxylic acids is 1. The van der Waals surface area contributed by atoms with E-state index in [0.29, 0.717) is 12.6 Å². The minimum absolute atomic E-state index is 0.437. The van der Waals surface area contributed by atoms with Gasteiger partial charge in [-0.3, -0.25) is 4.79 Å². The summed E-state index contributed by atoms with van der Waals surface area (Å²) in [6, 6.07) is -0.0957. The molecule has 0 bridgehead atoms. The number of nitrogens with one attached hydrogen (secondary N) is 1. The molecule has 5 N–H and O–H groups in total. The average molecular weight is 185 g/mol. The van der Waals surface area contributed by atoms with E-state index in [1.807, 2.05) is 0 Å². The number of nitrogens with two attached hydrogens (primary N) is 2. The monoisotopic (exact) mass is 185 g/mol. The Hall–Kier alpha value is -0.610. The quantitative estimate of drug-likeness (QED) is 0.544. The summed E-state index contributed by atoms with van der Waals surface area (Å²) in [6.45, 7) is 2.63. The second kappa shape index (κ2) is 4.58. The van der Waals surface area contributed by atoms with Gasteiger partial charge in [-0.1, -0.05) is 6.42 Å². The summed E-state index contributed by atoms with van der Waals surface area (Å²) in [5.74, 6) is 0.327. The number of hydrogen-bond donors (Lipinski definition) is 3. The molecular formula is C9H19N3O. The van der Waals surface area contributed by atoms with E-state index >= 15 is 0 Å². The predicted octanol–water partition coefficient (Wildman–Crippen LogP) is -0.423. The Kier molecular flexibility index (Phi) is 3.69. The maximum Gasteiger partial charge on any atom is 0.235 e. The molecule has 0 heterocycles. The van der Waals surface area contributed by atoms with E-state index in [4.69, 9.17) is 11.5 Å². The molecule has 4 heteroatoms. The highest BCUT2D eigenvalue weighted by molar-refractivity contribution is 5.79. The summed E-state index contributed by atoms with van der Waals surface area (Å²) in [6.07, 6.45) is 3.92. The number of primary amides is 1. The summed E-state index contributed by atoms with van der Waals surface area (Å²) in [7, 11) is 0. The molecule has 1 aliphatic rings. The van der Waals surface area contributed by atoms with Crippen LogP contribution in [0.5, 0.6) is 0 Å². The van der Waals surface area contributed by atoms with E-state index in [1.54, 1.807) is 0 Å². The van der Waals surface area contributed by atoms with Crippen LogP contribution in [0.15, 0.2) is 0 Å². The van der Waals surface area contributed by atoms with Crippen molar-refractivity contribution in [1.29, 1.82) is 0 Å². The number of hydrogen-bond acceptors (Lipinski definition) is 3. The predicted molar refractivity (Wildman–Crippen MR) is 52.0 cm³/mol. The summed E-state index contributed by atoms with van der Waals surface area (Å²) >= 11 is 0. The molecule has 13 heavy (non-hydrogen) atoms. The van der Waals surface area contributed by atoms with Crippen molar-refractivity contribution in [2.45, 2.75) is 38.3 Å². The van der Waals surface area contributed by atoms with E-state index in [1.165, 1.54) is 19.3 Å². The van der Waals surface area contributed by atoms with Crippen LogP contribution in [0.4, 0.5) is 0 Å². The molecule has 1 aliphatic carbocycles. The molecule has 0 aliphatic heterocycles. The first-order valence-corrected chi connectivity index (χ1v) is 4.89. The molecule has 0 spiro atoms. The molecule has 0 saturated heterocycles. The van der Waals surface area contributed by atoms with Crippen molar-refractivity contribution in [2.75, 3.05) is 6.54 Å². The van der Waals surface area contributed by atoms with Gasteiger partial charge in [0.1, 0.15) is 0 Å². The van der Waals surface area contributed by atoms with E-state index in [2.05, 4.69) is 12.2 Å². The lowest BCUT2D eigenvalue weighted by Gasteiger charge is -2.32. The van der Waals surface area contributed by atoms with Crippen molar-refractivity contribution < 1.29 is 4.79 Å². The standard InChI is InChI=1S/C9H19N3O/c1-6(7-3-2-4-7)12-5-8(10)9(11)13/h6-8,12H,2-5,10H2,1H3,(H2,11,13). The van der Waals surface area contributed by atoms with Crippen LogP contribution in [0.2, 0.25) is 0 Å². The molecule has 4 nitrogen and oxygen atoms in total. The minimum Gasteiger partial charge on any atom is -0.368 e.